The predicted octanol–water partition coefficient (Wildman–Crippen LogP) is 3.97. The van der Waals surface area contributed by atoms with Gasteiger partial charge in [-0.05, 0) is 44.7 Å². The zero-order valence-corrected chi connectivity index (χ0v) is 17.6. The third-order valence-electron chi connectivity index (χ3n) is 5.96. The lowest BCUT2D eigenvalue weighted by Crippen LogP contribution is -2.42. The van der Waals surface area contributed by atoms with Gasteiger partial charge in [-0.2, -0.15) is 0 Å². The summed E-state index contributed by atoms with van der Waals surface area (Å²) >= 11 is 0. The number of nitrogens with zero attached hydrogens (tertiary/aromatic N) is 2. The molecule has 1 aliphatic heterocycles. The van der Waals surface area contributed by atoms with Gasteiger partial charge in [0.05, 0.1) is 10.5 Å². The van der Waals surface area contributed by atoms with Gasteiger partial charge in [-0.25, -0.2) is 4.79 Å². The normalized spacial score (nSPS) is 18.9. The van der Waals surface area contributed by atoms with Gasteiger partial charge in [0.1, 0.15) is 5.69 Å². The van der Waals surface area contributed by atoms with Gasteiger partial charge in [-0.1, -0.05) is 32.1 Å². The van der Waals surface area contributed by atoms with Crippen LogP contribution in [-0.2, 0) is 9.53 Å². The number of anilines is 1. The van der Waals surface area contributed by atoms with E-state index in [1.54, 1.807) is 12.1 Å². The number of benzene rings is 1. The monoisotopic (exact) mass is 417 g/mol. The van der Waals surface area contributed by atoms with Crippen LogP contribution in [-0.4, -0.2) is 42.0 Å². The zero-order chi connectivity index (χ0) is 21.5. The van der Waals surface area contributed by atoms with E-state index in [9.17, 15) is 19.7 Å². The molecule has 0 aromatic heterocycles. The molecule has 2 aliphatic rings. The van der Waals surface area contributed by atoms with Crippen LogP contribution in [0.5, 0.6) is 0 Å². The summed E-state index contributed by atoms with van der Waals surface area (Å²) in [5.74, 6) is -1.06. The number of ether oxygens (including phenoxy) is 1. The van der Waals surface area contributed by atoms with Crippen LogP contribution in [0.1, 0.15) is 75.1 Å². The standard InChI is InChI=1S/C22H31N3O5/c1-16(21(26)23-18-9-5-4-6-10-18)30-22(27)17-11-12-19(20(15-17)25(28)29)24-13-7-2-3-8-14-24/h11-12,15-16,18H,2-10,13-14H2,1H3,(H,23,26)/t16-/m0/s1. The maximum absolute atomic E-state index is 12.5. The first-order chi connectivity index (χ1) is 14.5. The summed E-state index contributed by atoms with van der Waals surface area (Å²) in [5.41, 5.74) is 0.504. The number of carbonyl (C=O) groups is 2. The van der Waals surface area contributed by atoms with Crippen LogP contribution in [0, 0.1) is 10.1 Å². The van der Waals surface area contributed by atoms with E-state index < -0.39 is 17.0 Å². The Hall–Kier alpha value is -2.64. The number of hydrogen-bond donors (Lipinski definition) is 1. The molecule has 30 heavy (non-hydrogen) atoms. The minimum Gasteiger partial charge on any atom is -0.449 e. The maximum atomic E-state index is 12.5. The third-order valence-corrected chi connectivity index (χ3v) is 5.96. The van der Waals surface area contributed by atoms with E-state index >= 15 is 0 Å². The van der Waals surface area contributed by atoms with Crippen LogP contribution < -0.4 is 10.2 Å². The minimum atomic E-state index is -0.955. The van der Waals surface area contributed by atoms with Gasteiger partial charge in [-0.3, -0.25) is 14.9 Å². The molecule has 1 aromatic carbocycles. The molecule has 1 saturated carbocycles. The molecular formula is C22H31N3O5. The van der Waals surface area contributed by atoms with Crippen molar-refractivity contribution in [2.75, 3.05) is 18.0 Å². The van der Waals surface area contributed by atoms with Crippen molar-refractivity contribution in [1.82, 2.24) is 5.32 Å². The first-order valence-corrected chi connectivity index (χ1v) is 11.0. The van der Waals surface area contributed by atoms with E-state index in [1.165, 1.54) is 19.4 Å². The largest absolute Gasteiger partial charge is 0.449 e. The highest BCUT2D eigenvalue weighted by Gasteiger charge is 2.26. The predicted molar refractivity (Wildman–Crippen MR) is 114 cm³/mol. The molecule has 1 aromatic rings. The quantitative estimate of drug-likeness (QED) is 0.427. The molecule has 2 fully saturated rings. The number of carbonyl (C=O) groups excluding carboxylic acids is 2. The van der Waals surface area contributed by atoms with Gasteiger partial charge >= 0.3 is 5.97 Å². The highest BCUT2D eigenvalue weighted by atomic mass is 16.6. The SMILES string of the molecule is C[C@H](OC(=O)c1ccc(N2CCCCCC2)c([N+](=O)[O-])c1)C(=O)NC1CCCCC1. The van der Waals surface area contributed by atoms with Crippen molar-refractivity contribution in [2.24, 2.45) is 0 Å². The Labute approximate surface area is 177 Å². The second-order valence-corrected chi connectivity index (χ2v) is 8.25. The molecular weight excluding hydrogens is 386 g/mol. The third kappa shape index (κ3) is 5.70. The van der Waals surface area contributed by atoms with Crippen LogP contribution in [0.2, 0.25) is 0 Å². The second-order valence-electron chi connectivity index (χ2n) is 8.25. The van der Waals surface area contributed by atoms with Crippen molar-refractivity contribution < 1.29 is 19.2 Å². The summed E-state index contributed by atoms with van der Waals surface area (Å²) in [5, 5.41) is 14.6. The fourth-order valence-corrected chi connectivity index (χ4v) is 4.22. The lowest BCUT2D eigenvalue weighted by atomic mass is 9.95. The molecule has 1 aliphatic carbocycles. The van der Waals surface area contributed by atoms with E-state index in [-0.39, 0.29) is 23.2 Å². The van der Waals surface area contributed by atoms with E-state index in [0.717, 1.165) is 64.5 Å². The number of amides is 1. The average molecular weight is 418 g/mol. The van der Waals surface area contributed by atoms with Gasteiger partial charge in [0.25, 0.3) is 11.6 Å². The van der Waals surface area contributed by atoms with Crippen molar-refractivity contribution in [1.29, 1.82) is 0 Å². The van der Waals surface area contributed by atoms with E-state index in [4.69, 9.17) is 4.74 Å². The molecule has 1 amide bonds. The van der Waals surface area contributed by atoms with Crippen LogP contribution in [0.25, 0.3) is 0 Å². The first-order valence-electron chi connectivity index (χ1n) is 11.0. The summed E-state index contributed by atoms with van der Waals surface area (Å²) in [4.78, 5) is 38.1. The summed E-state index contributed by atoms with van der Waals surface area (Å²) in [6, 6.07) is 4.55. The maximum Gasteiger partial charge on any atom is 0.339 e. The average Bonchev–Trinajstić information content (AvgIpc) is 3.03. The Morgan fingerprint density at radius 1 is 1.10 bits per heavy atom. The molecule has 1 atom stereocenters. The minimum absolute atomic E-state index is 0.0811. The van der Waals surface area contributed by atoms with Crippen LogP contribution in [0.3, 0.4) is 0 Å². The van der Waals surface area contributed by atoms with Crippen molar-refractivity contribution in [3.05, 3.63) is 33.9 Å². The molecule has 8 heteroatoms. The first kappa shape index (κ1) is 22.1. The van der Waals surface area contributed by atoms with E-state index in [0.29, 0.717) is 5.69 Å². The Bertz CT molecular complexity index is 768. The second kappa shape index (κ2) is 10.4. The molecule has 8 nitrogen and oxygen atoms in total. The van der Waals surface area contributed by atoms with Gasteiger partial charge in [0, 0.05) is 25.2 Å². The van der Waals surface area contributed by atoms with Crippen LogP contribution in [0.4, 0.5) is 11.4 Å². The number of hydrogen-bond acceptors (Lipinski definition) is 6. The van der Waals surface area contributed by atoms with Gasteiger partial charge in [0.15, 0.2) is 6.10 Å². The van der Waals surface area contributed by atoms with Gasteiger partial charge in [-0.15, -0.1) is 0 Å². The molecule has 0 spiro atoms. The number of rotatable bonds is 6. The van der Waals surface area contributed by atoms with Crippen LogP contribution in [0.15, 0.2) is 18.2 Å². The molecule has 1 saturated heterocycles. The molecule has 164 valence electrons. The number of nitro groups is 1. The smallest absolute Gasteiger partial charge is 0.339 e. The van der Waals surface area contributed by atoms with Crippen molar-refractivity contribution in [3.8, 4) is 0 Å². The van der Waals surface area contributed by atoms with E-state index in [1.807, 2.05) is 4.90 Å². The van der Waals surface area contributed by atoms with Crippen molar-refractivity contribution in [2.45, 2.75) is 76.9 Å². The summed E-state index contributed by atoms with van der Waals surface area (Å²) in [6.07, 6.45) is 8.52. The number of nitro benzene ring substituents is 1. The molecule has 0 unspecified atom stereocenters. The highest BCUT2D eigenvalue weighted by molar-refractivity contribution is 5.93. The van der Waals surface area contributed by atoms with Gasteiger partial charge in [0.2, 0.25) is 0 Å². The van der Waals surface area contributed by atoms with E-state index in [2.05, 4.69) is 5.32 Å². The molecule has 3 rings (SSSR count). The highest BCUT2D eigenvalue weighted by Crippen LogP contribution is 2.31. The lowest BCUT2D eigenvalue weighted by molar-refractivity contribution is -0.384. The Morgan fingerprint density at radius 3 is 2.37 bits per heavy atom. The van der Waals surface area contributed by atoms with Crippen molar-refractivity contribution >= 4 is 23.3 Å². The molecule has 1 N–H and O–H groups in total. The van der Waals surface area contributed by atoms with Crippen LogP contribution >= 0.6 is 0 Å². The topological polar surface area (TPSA) is 102 Å². The Balaban J connectivity index is 1.66. The fourth-order valence-electron chi connectivity index (χ4n) is 4.22. The Kier molecular flexibility index (Phi) is 7.65. The zero-order valence-electron chi connectivity index (χ0n) is 17.6. The molecule has 0 radical (unpaired) electrons. The number of nitrogens with one attached hydrogen (secondary N) is 1. The molecule has 1 heterocycles. The van der Waals surface area contributed by atoms with Gasteiger partial charge < -0.3 is 15.0 Å². The fraction of sp³-hybridized carbons (Fsp3) is 0.636. The summed E-state index contributed by atoms with van der Waals surface area (Å²) in [7, 11) is 0. The lowest BCUT2D eigenvalue weighted by Gasteiger charge is -2.24. The molecule has 0 bridgehead atoms. The number of esters is 1. The summed E-state index contributed by atoms with van der Waals surface area (Å²) in [6.45, 7) is 3.06. The Morgan fingerprint density at radius 2 is 1.73 bits per heavy atom. The summed E-state index contributed by atoms with van der Waals surface area (Å²) < 4.78 is 5.29. The van der Waals surface area contributed by atoms with Crippen molar-refractivity contribution in [3.63, 3.8) is 0 Å².